The molecule has 8 heteroatoms. The Morgan fingerprint density at radius 1 is 1.25 bits per heavy atom. The van der Waals surface area contributed by atoms with E-state index in [1.54, 1.807) is 46.1 Å². The van der Waals surface area contributed by atoms with Gasteiger partial charge in [0.05, 0.1) is 7.11 Å². The molecule has 1 aromatic carbocycles. The molecule has 0 radical (unpaired) electrons. The molecule has 1 aliphatic rings. The third kappa shape index (κ3) is 7.52. The number of benzene rings is 1. The molecule has 0 aliphatic heterocycles. The van der Waals surface area contributed by atoms with E-state index in [0.29, 0.717) is 11.3 Å². The van der Waals surface area contributed by atoms with Crippen LogP contribution in [0.5, 0.6) is 5.75 Å². The van der Waals surface area contributed by atoms with Gasteiger partial charge in [0, 0.05) is 18.0 Å². The molecular weight excluding hydrogens is 380 g/mol. The molecule has 0 aromatic heterocycles. The van der Waals surface area contributed by atoms with Crippen molar-refractivity contribution in [2.24, 2.45) is 0 Å². The van der Waals surface area contributed by atoms with Crippen molar-refractivity contribution in [2.75, 3.05) is 7.11 Å². The Labute approximate surface area is 167 Å². The molecule has 2 N–H and O–H groups in total. The van der Waals surface area contributed by atoms with Crippen molar-refractivity contribution in [2.45, 2.75) is 64.6 Å². The molecule has 0 saturated heterocycles. The van der Waals surface area contributed by atoms with E-state index in [-0.39, 0.29) is 12.6 Å². The van der Waals surface area contributed by atoms with Crippen LogP contribution in [0.15, 0.2) is 23.6 Å². The van der Waals surface area contributed by atoms with Crippen LogP contribution in [-0.2, 0) is 21.3 Å². The summed E-state index contributed by atoms with van der Waals surface area (Å²) < 4.78 is 37.8. The molecule has 0 atom stereocenters. The van der Waals surface area contributed by atoms with Crippen molar-refractivity contribution in [1.82, 2.24) is 10.0 Å². The highest BCUT2D eigenvalue weighted by Gasteiger charge is 2.20. The van der Waals surface area contributed by atoms with Gasteiger partial charge in [-0.15, -0.1) is 0 Å². The van der Waals surface area contributed by atoms with Crippen LogP contribution < -0.4 is 14.8 Å². The number of nitrogens with one attached hydrogen (secondary N) is 2. The van der Waals surface area contributed by atoms with Gasteiger partial charge in [-0.05, 0) is 62.9 Å². The first-order chi connectivity index (χ1) is 13.1. The maximum atomic E-state index is 12.3. The van der Waals surface area contributed by atoms with E-state index in [1.807, 2.05) is 0 Å². The number of ether oxygens (including phenoxy) is 2. The van der Waals surface area contributed by atoms with Crippen LogP contribution in [0.2, 0.25) is 0 Å². The van der Waals surface area contributed by atoms with Gasteiger partial charge < -0.3 is 14.8 Å². The highest BCUT2D eigenvalue weighted by atomic mass is 32.2. The molecule has 156 valence electrons. The summed E-state index contributed by atoms with van der Waals surface area (Å²) in [6.07, 6.45) is 4.84. The van der Waals surface area contributed by atoms with Crippen LogP contribution in [0.4, 0.5) is 4.79 Å². The molecule has 1 amide bonds. The smallest absolute Gasteiger partial charge is 0.407 e. The highest BCUT2D eigenvalue weighted by molar-refractivity contribution is 7.92. The van der Waals surface area contributed by atoms with Gasteiger partial charge in [0.2, 0.25) is 10.0 Å². The fraction of sp³-hybridized carbons (Fsp3) is 0.550. The van der Waals surface area contributed by atoms with E-state index in [2.05, 4.69) is 10.0 Å². The lowest BCUT2D eigenvalue weighted by molar-refractivity contribution is 0.0523. The molecule has 0 spiro atoms. The van der Waals surface area contributed by atoms with Crippen molar-refractivity contribution < 1.29 is 22.7 Å². The normalized spacial score (nSPS) is 15.7. The topological polar surface area (TPSA) is 93.7 Å². The van der Waals surface area contributed by atoms with E-state index in [1.165, 1.54) is 11.5 Å². The summed E-state index contributed by atoms with van der Waals surface area (Å²) in [7, 11) is -1.98. The number of carbonyl (C=O) groups is 1. The molecule has 1 aromatic rings. The lowest BCUT2D eigenvalue weighted by Gasteiger charge is -2.20. The lowest BCUT2D eigenvalue weighted by atomic mass is 10.1. The predicted octanol–water partition coefficient (Wildman–Crippen LogP) is 3.55. The fourth-order valence-corrected chi connectivity index (χ4v) is 4.09. The Balaban J connectivity index is 2.11. The molecular formula is C20H30N2O5S. The van der Waals surface area contributed by atoms with Gasteiger partial charge >= 0.3 is 6.09 Å². The SMILES string of the molecule is COc1ccc(/C=C/S(=O)(=O)NC2CCCC2)c(CNC(=O)OC(C)(C)C)c1. The minimum atomic E-state index is -3.52. The Hall–Kier alpha value is -2.06. The van der Waals surface area contributed by atoms with Crippen molar-refractivity contribution in [3.8, 4) is 5.75 Å². The number of hydrogen-bond donors (Lipinski definition) is 2. The Morgan fingerprint density at radius 3 is 2.54 bits per heavy atom. The number of hydrogen-bond acceptors (Lipinski definition) is 5. The quantitative estimate of drug-likeness (QED) is 0.717. The highest BCUT2D eigenvalue weighted by Crippen LogP contribution is 2.21. The van der Waals surface area contributed by atoms with Gasteiger partial charge in [0.1, 0.15) is 11.4 Å². The Bertz CT molecular complexity index is 806. The third-order valence-electron chi connectivity index (χ3n) is 4.29. The maximum Gasteiger partial charge on any atom is 0.407 e. The van der Waals surface area contributed by atoms with E-state index in [0.717, 1.165) is 31.2 Å². The Morgan fingerprint density at radius 2 is 1.93 bits per heavy atom. The summed E-state index contributed by atoms with van der Waals surface area (Å²) in [6.45, 7) is 5.54. The Kier molecular flexibility index (Phi) is 7.48. The largest absolute Gasteiger partial charge is 0.497 e. The van der Waals surface area contributed by atoms with E-state index >= 15 is 0 Å². The summed E-state index contributed by atoms with van der Waals surface area (Å²) >= 11 is 0. The van der Waals surface area contributed by atoms with Gasteiger partial charge in [-0.3, -0.25) is 0 Å². The van der Waals surface area contributed by atoms with Gasteiger partial charge in [-0.2, -0.15) is 0 Å². The summed E-state index contributed by atoms with van der Waals surface area (Å²) in [5.41, 5.74) is 0.799. The lowest BCUT2D eigenvalue weighted by Crippen LogP contribution is -2.32. The predicted molar refractivity (Wildman–Crippen MR) is 109 cm³/mol. The molecule has 7 nitrogen and oxygen atoms in total. The average Bonchev–Trinajstić information content (AvgIpc) is 3.09. The van der Waals surface area contributed by atoms with Gasteiger partial charge in [-0.1, -0.05) is 18.9 Å². The van der Waals surface area contributed by atoms with Crippen LogP contribution >= 0.6 is 0 Å². The van der Waals surface area contributed by atoms with Crippen LogP contribution in [-0.4, -0.2) is 33.3 Å². The summed E-state index contributed by atoms with van der Waals surface area (Å²) in [5, 5.41) is 3.86. The molecule has 1 saturated carbocycles. The molecule has 0 unspecified atom stereocenters. The first kappa shape index (κ1) is 22.2. The van der Waals surface area contributed by atoms with E-state index in [9.17, 15) is 13.2 Å². The minimum Gasteiger partial charge on any atom is -0.497 e. The molecule has 1 aliphatic carbocycles. The molecule has 2 rings (SSSR count). The first-order valence-electron chi connectivity index (χ1n) is 9.42. The average molecular weight is 411 g/mol. The molecule has 1 fully saturated rings. The van der Waals surface area contributed by atoms with E-state index < -0.39 is 21.7 Å². The second kappa shape index (κ2) is 9.43. The first-order valence-corrected chi connectivity index (χ1v) is 11.0. The molecule has 0 bridgehead atoms. The van der Waals surface area contributed by atoms with Gasteiger partial charge in [-0.25, -0.2) is 17.9 Å². The number of carbonyl (C=O) groups excluding carboxylic acids is 1. The number of methoxy groups -OCH3 is 1. The third-order valence-corrected chi connectivity index (χ3v) is 5.44. The zero-order chi connectivity index (χ0) is 20.8. The van der Waals surface area contributed by atoms with Gasteiger partial charge in [0.15, 0.2) is 0 Å². The number of sulfonamides is 1. The monoisotopic (exact) mass is 410 g/mol. The maximum absolute atomic E-state index is 12.3. The number of rotatable bonds is 7. The summed E-state index contributed by atoms with van der Waals surface area (Å²) in [6, 6.07) is 5.27. The van der Waals surface area contributed by atoms with Crippen LogP contribution in [0.3, 0.4) is 0 Å². The van der Waals surface area contributed by atoms with Crippen molar-refractivity contribution in [3.05, 3.63) is 34.7 Å². The zero-order valence-electron chi connectivity index (χ0n) is 16.9. The second-order valence-electron chi connectivity index (χ2n) is 7.87. The number of alkyl carbamates (subject to hydrolysis) is 1. The van der Waals surface area contributed by atoms with Gasteiger partial charge in [0.25, 0.3) is 0 Å². The minimum absolute atomic E-state index is 0.0128. The van der Waals surface area contributed by atoms with E-state index in [4.69, 9.17) is 9.47 Å². The summed E-state index contributed by atoms with van der Waals surface area (Å²) in [5.74, 6) is 0.616. The van der Waals surface area contributed by atoms with Crippen molar-refractivity contribution in [1.29, 1.82) is 0 Å². The van der Waals surface area contributed by atoms with Crippen molar-refractivity contribution in [3.63, 3.8) is 0 Å². The molecule has 28 heavy (non-hydrogen) atoms. The number of amides is 1. The fourth-order valence-electron chi connectivity index (χ4n) is 2.98. The van der Waals surface area contributed by atoms with Crippen LogP contribution in [0.25, 0.3) is 6.08 Å². The zero-order valence-corrected chi connectivity index (χ0v) is 17.8. The second-order valence-corrected chi connectivity index (χ2v) is 9.47. The standard InChI is InChI=1S/C20H30N2O5S/c1-20(2,3)27-19(23)21-14-16-13-18(26-4)10-9-15(16)11-12-28(24,25)22-17-7-5-6-8-17/h9-13,17,22H,5-8,14H2,1-4H3,(H,21,23)/b12-11+. The van der Waals surface area contributed by atoms with Crippen LogP contribution in [0.1, 0.15) is 57.6 Å². The van der Waals surface area contributed by atoms with Crippen molar-refractivity contribution >= 4 is 22.2 Å². The summed E-state index contributed by atoms with van der Waals surface area (Å²) in [4.78, 5) is 11.9. The van der Waals surface area contributed by atoms with Crippen LogP contribution in [0, 0.1) is 0 Å². The molecule has 0 heterocycles.